The minimum absolute atomic E-state index is 0.0756. The third-order valence-corrected chi connectivity index (χ3v) is 3.88. The Morgan fingerprint density at radius 1 is 1.18 bits per heavy atom. The molecule has 0 saturated carbocycles. The van der Waals surface area contributed by atoms with Gasteiger partial charge in [-0.1, -0.05) is 29.8 Å². The fourth-order valence-electron chi connectivity index (χ4n) is 2.42. The third-order valence-electron chi connectivity index (χ3n) is 3.63. The lowest BCUT2D eigenvalue weighted by molar-refractivity contribution is -0.116. The Kier molecular flexibility index (Phi) is 4.11. The predicted molar refractivity (Wildman–Crippen MR) is 86.0 cm³/mol. The molecular formula is C17H15ClN2O2. The first kappa shape index (κ1) is 14.6. The monoisotopic (exact) mass is 314 g/mol. The summed E-state index contributed by atoms with van der Waals surface area (Å²) in [5, 5.41) is 6.27. The fraction of sp³-hybridized carbons (Fsp3) is 0.176. The zero-order valence-corrected chi connectivity index (χ0v) is 12.6. The van der Waals surface area contributed by atoms with Gasteiger partial charge in [0.2, 0.25) is 5.91 Å². The van der Waals surface area contributed by atoms with Crippen molar-refractivity contribution in [1.29, 1.82) is 0 Å². The number of hydrogen-bond donors (Lipinski definition) is 2. The Hall–Kier alpha value is -2.33. The van der Waals surface area contributed by atoms with Gasteiger partial charge in [0.05, 0.1) is 0 Å². The highest BCUT2D eigenvalue weighted by Gasteiger charge is 2.18. The van der Waals surface area contributed by atoms with Crippen LogP contribution in [0.2, 0.25) is 5.02 Å². The van der Waals surface area contributed by atoms with E-state index in [9.17, 15) is 9.59 Å². The van der Waals surface area contributed by atoms with Crippen molar-refractivity contribution in [2.45, 2.75) is 19.4 Å². The molecule has 1 heterocycles. The first-order chi connectivity index (χ1) is 10.6. The highest BCUT2D eigenvalue weighted by molar-refractivity contribution is 6.30. The van der Waals surface area contributed by atoms with E-state index in [1.165, 1.54) is 0 Å². The summed E-state index contributed by atoms with van der Waals surface area (Å²) in [6.07, 6.45) is 1.03. The molecule has 112 valence electrons. The van der Waals surface area contributed by atoms with Crippen LogP contribution < -0.4 is 10.6 Å². The summed E-state index contributed by atoms with van der Waals surface area (Å²) in [5.74, 6) is -0.166. The first-order valence-corrected chi connectivity index (χ1v) is 7.45. The molecule has 2 aromatic carbocycles. The largest absolute Gasteiger partial charge is 0.348 e. The molecule has 0 aliphatic carbocycles. The quantitative estimate of drug-likeness (QED) is 0.910. The van der Waals surface area contributed by atoms with Crippen molar-refractivity contribution >= 4 is 29.1 Å². The number of fused-ring (bicyclic) bond motifs is 1. The van der Waals surface area contributed by atoms with Gasteiger partial charge in [-0.2, -0.15) is 0 Å². The van der Waals surface area contributed by atoms with Crippen LogP contribution in [-0.4, -0.2) is 11.8 Å². The average molecular weight is 315 g/mol. The molecule has 0 saturated heterocycles. The van der Waals surface area contributed by atoms with Crippen molar-refractivity contribution < 1.29 is 9.59 Å². The smallest absolute Gasteiger partial charge is 0.251 e. The van der Waals surface area contributed by atoms with Crippen LogP contribution in [0.15, 0.2) is 42.5 Å². The van der Waals surface area contributed by atoms with Crippen molar-refractivity contribution in [2.75, 3.05) is 5.32 Å². The molecule has 0 unspecified atom stereocenters. The SMILES string of the molecule is O=C(CCc1ccc(Cl)cc1)Nc1ccc2c(c1)C(=O)NC2. The number of rotatable bonds is 4. The van der Waals surface area contributed by atoms with Crippen molar-refractivity contribution in [3.63, 3.8) is 0 Å². The molecule has 0 aromatic heterocycles. The van der Waals surface area contributed by atoms with Gasteiger partial charge in [0.25, 0.3) is 5.91 Å². The summed E-state index contributed by atoms with van der Waals surface area (Å²) in [5.41, 5.74) is 3.31. The summed E-state index contributed by atoms with van der Waals surface area (Å²) < 4.78 is 0. The second-order valence-corrected chi connectivity index (χ2v) is 5.67. The van der Waals surface area contributed by atoms with Gasteiger partial charge in [0.1, 0.15) is 0 Å². The van der Waals surface area contributed by atoms with E-state index in [1.807, 2.05) is 36.4 Å². The summed E-state index contributed by atoms with van der Waals surface area (Å²) >= 11 is 5.83. The maximum atomic E-state index is 12.0. The Labute approximate surface area is 133 Å². The van der Waals surface area contributed by atoms with E-state index in [4.69, 9.17) is 11.6 Å². The van der Waals surface area contributed by atoms with E-state index >= 15 is 0 Å². The number of hydrogen-bond acceptors (Lipinski definition) is 2. The van der Waals surface area contributed by atoms with E-state index in [1.54, 1.807) is 6.07 Å². The molecule has 4 nitrogen and oxygen atoms in total. The Bertz CT molecular complexity index is 726. The first-order valence-electron chi connectivity index (χ1n) is 7.07. The Balaban J connectivity index is 1.59. The van der Waals surface area contributed by atoms with Gasteiger partial charge in [-0.25, -0.2) is 0 Å². The normalized spacial score (nSPS) is 12.7. The second-order valence-electron chi connectivity index (χ2n) is 5.23. The number of anilines is 1. The lowest BCUT2D eigenvalue weighted by Gasteiger charge is -2.07. The molecule has 1 aliphatic heterocycles. The number of carbonyl (C=O) groups excluding carboxylic acids is 2. The van der Waals surface area contributed by atoms with Crippen LogP contribution in [0.25, 0.3) is 0 Å². The summed E-state index contributed by atoms with van der Waals surface area (Å²) in [6.45, 7) is 0.555. The molecule has 2 amide bonds. The van der Waals surface area contributed by atoms with E-state index in [2.05, 4.69) is 10.6 Å². The van der Waals surface area contributed by atoms with Crippen LogP contribution in [0.1, 0.15) is 27.9 Å². The number of benzene rings is 2. The van der Waals surface area contributed by atoms with Gasteiger partial charge in [0, 0.05) is 29.2 Å². The van der Waals surface area contributed by atoms with Crippen molar-refractivity contribution in [3.05, 3.63) is 64.2 Å². The maximum Gasteiger partial charge on any atom is 0.251 e. The number of amides is 2. The lowest BCUT2D eigenvalue weighted by Crippen LogP contribution is -2.14. The zero-order valence-electron chi connectivity index (χ0n) is 11.9. The highest BCUT2D eigenvalue weighted by Crippen LogP contribution is 2.20. The summed E-state index contributed by atoms with van der Waals surface area (Å²) in [7, 11) is 0. The van der Waals surface area contributed by atoms with Crippen LogP contribution in [0.4, 0.5) is 5.69 Å². The van der Waals surface area contributed by atoms with Gasteiger partial charge < -0.3 is 10.6 Å². The molecule has 0 radical (unpaired) electrons. The third kappa shape index (κ3) is 3.28. The maximum absolute atomic E-state index is 12.0. The molecule has 0 bridgehead atoms. The van der Waals surface area contributed by atoms with Gasteiger partial charge in [-0.15, -0.1) is 0 Å². The molecule has 1 aliphatic rings. The second kappa shape index (κ2) is 6.20. The molecule has 22 heavy (non-hydrogen) atoms. The van der Waals surface area contributed by atoms with Crippen LogP contribution >= 0.6 is 11.6 Å². The van der Waals surface area contributed by atoms with Crippen molar-refractivity contribution in [3.8, 4) is 0 Å². The highest BCUT2D eigenvalue weighted by atomic mass is 35.5. The van der Waals surface area contributed by atoms with Crippen molar-refractivity contribution in [2.24, 2.45) is 0 Å². The lowest BCUT2D eigenvalue weighted by atomic mass is 10.1. The van der Waals surface area contributed by atoms with Gasteiger partial charge in [-0.3, -0.25) is 9.59 Å². The van der Waals surface area contributed by atoms with Gasteiger partial charge >= 0.3 is 0 Å². The van der Waals surface area contributed by atoms with Crippen LogP contribution in [-0.2, 0) is 17.8 Å². The van der Waals surface area contributed by atoms with Gasteiger partial charge in [-0.05, 0) is 41.8 Å². The fourth-order valence-corrected chi connectivity index (χ4v) is 2.55. The number of nitrogens with one attached hydrogen (secondary N) is 2. The summed E-state index contributed by atoms with van der Waals surface area (Å²) in [4.78, 5) is 23.6. The van der Waals surface area contributed by atoms with Crippen LogP contribution in [0.5, 0.6) is 0 Å². The summed E-state index contributed by atoms with van der Waals surface area (Å²) in [6, 6.07) is 12.9. The van der Waals surface area contributed by atoms with E-state index in [-0.39, 0.29) is 11.8 Å². The molecular weight excluding hydrogens is 300 g/mol. The standard InChI is InChI=1S/C17H15ClN2O2/c18-13-5-1-11(2-6-13)3-8-16(21)20-14-7-4-12-10-19-17(22)15(12)9-14/h1-2,4-7,9H,3,8,10H2,(H,19,22)(H,20,21). The van der Waals surface area contributed by atoms with Gasteiger partial charge in [0.15, 0.2) is 0 Å². The Morgan fingerprint density at radius 3 is 2.73 bits per heavy atom. The molecule has 3 rings (SSSR count). The van der Waals surface area contributed by atoms with Crippen molar-refractivity contribution in [1.82, 2.24) is 5.32 Å². The van der Waals surface area contributed by atoms with E-state index in [0.717, 1.165) is 11.1 Å². The number of aryl methyl sites for hydroxylation is 1. The zero-order chi connectivity index (χ0) is 15.5. The molecule has 2 N–H and O–H groups in total. The molecule has 0 fully saturated rings. The molecule has 2 aromatic rings. The molecule has 5 heteroatoms. The van der Waals surface area contributed by atoms with Crippen LogP contribution in [0.3, 0.4) is 0 Å². The van der Waals surface area contributed by atoms with Crippen LogP contribution in [0, 0.1) is 0 Å². The number of carbonyl (C=O) groups is 2. The molecule has 0 spiro atoms. The number of halogens is 1. The molecule has 0 atom stereocenters. The van der Waals surface area contributed by atoms with E-state index in [0.29, 0.717) is 35.7 Å². The van der Waals surface area contributed by atoms with E-state index < -0.39 is 0 Å². The minimum atomic E-state index is -0.0905. The minimum Gasteiger partial charge on any atom is -0.348 e. The Morgan fingerprint density at radius 2 is 1.95 bits per heavy atom. The average Bonchev–Trinajstić information content (AvgIpc) is 2.88. The predicted octanol–water partition coefficient (Wildman–Crippen LogP) is 3.15. The topological polar surface area (TPSA) is 58.2 Å².